The van der Waals surface area contributed by atoms with Gasteiger partial charge in [0.1, 0.15) is 17.6 Å². The highest BCUT2D eigenvalue weighted by Crippen LogP contribution is 2.15. The van der Waals surface area contributed by atoms with Crippen molar-refractivity contribution in [1.29, 1.82) is 0 Å². The fourth-order valence-corrected chi connectivity index (χ4v) is 3.16. The maximum atomic E-state index is 12.4. The first-order valence-corrected chi connectivity index (χ1v) is 8.29. The molecule has 0 atom stereocenters. The van der Waals surface area contributed by atoms with Crippen LogP contribution in [0, 0.1) is 0 Å². The zero-order valence-corrected chi connectivity index (χ0v) is 13.9. The van der Waals surface area contributed by atoms with Crippen molar-refractivity contribution in [2.24, 2.45) is 0 Å². The summed E-state index contributed by atoms with van der Waals surface area (Å²) in [7, 11) is 1.80. The Kier molecular flexibility index (Phi) is 3.70. The third-order valence-electron chi connectivity index (χ3n) is 3.92. The Morgan fingerprint density at radius 3 is 2.83 bits per heavy atom. The lowest BCUT2D eigenvalue weighted by molar-refractivity contribution is -0.131. The molecule has 4 aromatic rings. The standard InChI is InChI=1S/C17H15N5OS/c1-21(9-12-6-7-15-16(8-12)20-24-19-15)17(23)11-22-10-13-4-2-3-5-14(13)18-22/h2-8,10H,9,11H2,1H3. The number of rotatable bonds is 4. The van der Waals surface area contributed by atoms with E-state index in [1.54, 1.807) is 16.6 Å². The van der Waals surface area contributed by atoms with Crippen LogP contribution in [0.4, 0.5) is 0 Å². The molecule has 2 heterocycles. The van der Waals surface area contributed by atoms with Crippen molar-refractivity contribution in [3.63, 3.8) is 0 Å². The molecule has 0 bridgehead atoms. The van der Waals surface area contributed by atoms with Gasteiger partial charge in [-0.1, -0.05) is 24.3 Å². The number of amides is 1. The average Bonchev–Trinajstić information content (AvgIpc) is 3.19. The fourth-order valence-electron chi connectivity index (χ4n) is 2.64. The van der Waals surface area contributed by atoms with E-state index in [0.717, 1.165) is 27.5 Å². The maximum Gasteiger partial charge on any atom is 0.244 e. The molecule has 2 aromatic carbocycles. The highest BCUT2D eigenvalue weighted by molar-refractivity contribution is 7.00. The molecule has 2 aromatic heterocycles. The molecule has 6 nitrogen and oxygen atoms in total. The van der Waals surface area contributed by atoms with Crippen molar-refractivity contribution >= 4 is 39.6 Å². The molecule has 4 rings (SSSR count). The lowest BCUT2D eigenvalue weighted by Gasteiger charge is -2.17. The van der Waals surface area contributed by atoms with Crippen molar-refractivity contribution in [2.45, 2.75) is 13.1 Å². The highest BCUT2D eigenvalue weighted by Gasteiger charge is 2.12. The van der Waals surface area contributed by atoms with Gasteiger partial charge in [-0.05, 0) is 23.8 Å². The van der Waals surface area contributed by atoms with Gasteiger partial charge in [-0.2, -0.15) is 13.8 Å². The summed E-state index contributed by atoms with van der Waals surface area (Å²) >= 11 is 1.20. The predicted octanol–water partition coefficient (Wildman–Crippen LogP) is 2.70. The Labute approximate surface area is 142 Å². The molecular weight excluding hydrogens is 322 g/mol. The van der Waals surface area contributed by atoms with Gasteiger partial charge in [0.25, 0.3) is 0 Å². The number of nitrogens with zero attached hydrogens (tertiary/aromatic N) is 5. The van der Waals surface area contributed by atoms with Crippen LogP contribution in [-0.4, -0.2) is 36.4 Å². The van der Waals surface area contributed by atoms with Gasteiger partial charge in [-0.15, -0.1) is 0 Å². The van der Waals surface area contributed by atoms with Gasteiger partial charge in [0.15, 0.2) is 0 Å². The summed E-state index contributed by atoms with van der Waals surface area (Å²) in [5.41, 5.74) is 3.70. The van der Waals surface area contributed by atoms with Gasteiger partial charge in [-0.3, -0.25) is 9.48 Å². The first kappa shape index (κ1) is 14.8. The van der Waals surface area contributed by atoms with Crippen molar-refractivity contribution in [1.82, 2.24) is 23.4 Å². The van der Waals surface area contributed by atoms with E-state index in [0.29, 0.717) is 6.54 Å². The van der Waals surface area contributed by atoms with E-state index in [2.05, 4.69) is 13.8 Å². The van der Waals surface area contributed by atoms with Crippen LogP contribution in [0.5, 0.6) is 0 Å². The maximum absolute atomic E-state index is 12.4. The first-order valence-electron chi connectivity index (χ1n) is 7.56. The van der Waals surface area contributed by atoms with Crippen LogP contribution >= 0.6 is 11.7 Å². The smallest absolute Gasteiger partial charge is 0.244 e. The van der Waals surface area contributed by atoms with E-state index >= 15 is 0 Å². The Morgan fingerprint density at radius 2 is 1.96 bits per heavy atom. The van der Waals surface area contributed by atoms with E-state index in [1.165, 1.54) is 11.7 Å². The number of likely N-dealkylation sites (N-methyl/N-ethyl adjacent to an activating group) is 1. The molecule has 0 saturated carbocycles. The molecule has 0 fully saturated rings. The van der Waals surface area contributed by atoms with Gasteiger partial charge < -0.3 is 4.90 Å². The number of hydrogen-bond acceptors (Lipinski definition) is 5. The molecule has 0 unspecified atom stereocenters. The Morgan fingerprint density at radius 1 is 1.12 bits per heavy atom. The summed E-state index contributed by atoms with van der Waals surface area (Å²) in [6.07, 6.45) is 1.90. The second-order valence-electron chi connectivity index (χ2n) is 5.72. The minimum atomic E-state index is 0.0132. The third kappa shape index (κ3) is 2.85. The van der Waals surface area contributed by atoms with Crippen molar-refractivity contribution in [2.75, 3.05) is 7.05 Å². The summed E-state index contributed by atoms with van der Waals surface area (Å²) in [4.78, 5) is 14.1. The molecule has 0 aliphatic heterocycles. The predicted molar refractivity (Wildman–Crippen MR) is 93.6 cm³/mol. The second kappa shape index (κ2) is 6.01. The van der Waals surface area contributed by atoms with Crippen molar-refractivity contribution in [3.8, 4) is 0 Å². The van der Waals surface area contributed by atoms with Crippen LogP contribution in [-0.2, 0) is 17.9 Å². The van der Waals surface area contributed by atoms with Crippen LogP contribution in [0.15, 0.2) is 48.7 Å². The van der Waals surface area contributed by atoms with Crippen molar-refractivity contribution in [3.05, 3.63) is 54.2 Å². The summed E-state index contributed by atoms with van der Waals surface area (Å²) in [5.74, 6) is 0.0132. The molecule has 0 aliphatic rings. The van der Waals surface area contributed by atoms with Crippen LogP contribution in [0.25, 0.3) is 21.9 Å². The van der Waals surface area contributed by atoms with Crippen LogP contribution in [0.3, 0.4) is 0 Å². The Hall–Kier alpha value is -2.80. The number of carbonyl (C=O) groups excluding carboxylic acids is 1. The third-order valence-corrected chi connectivity index (χ3v) is 4.48. The fraction of sp³-hybridized carbons (Fsp3) is 0.176. The Balaban J connectivity index is 1.46. The summed E-state index contributed by atoms with van der Waals surface area (Å²) in [6, 6.07) is 13.7. The first-order chi connectivity index (χ1) is 11.7. The zero-order valence-electron chi connectivity index (χ0n) is 13.1. The van der Waals surface area contributed by atoms with E-state index in [9.17, 15) is 4.79 Å². The van der Waals surface area contributed by atoms with Crippen molar-refractivity contribution < 1.29 is 4.79 Å². The van der Waals surface area contributed by atoms with E-state index in [4.69, 9.17) is 0 Å². The number of benzene rings is 2. The SMILES string of the molecule is CN(Cc1ccc2nsnc2c1)C(=O)Cn1cc2ccccc2n1. The molecule has 0 saturated heterocycles. The van der Waals surface area contributed by atoms with Gasteiger partial charge in [0.05, 0.1) is 17.2 Å². The molecule has 1 amide bonds. The van der Waals surface area contributed by atoms with Gasteiger partial charge >= 0.3 is 0 Å². The highest BCUT2D eigenvalue weighted by atomic mass is 32.1. The number of carbonyl (C=O) groups is 1. The van der Waals surface area contributed by atoms with E-state index in [1.807, 2.05) is 48.7 Å². The van der Waals surface area contributed by atoms with Crippen LogP contribution < -0.4 is 0 Å². The van der Waals surface area contributed by atoms with Crippen LogP contribution in [0.2, 0.25) is 0 Å². The molecule has 0 aliphatic carbocycles. The number of hydrogen-bond donors (Lipinski definition) is 0. The normalized spacial score (nSPS) is 11.2. The lowest BCUT2D eigenvalue weighted by atomic mass is 10.2. The summed E-state index contributed by atoms with van der Waals surface area (Å²) in [6.45, 7) is 0.763. The van der Waals surface area contributed by atoms with Gasteiger partial charge in [0.2, 0.25) is 5.91 Å². The quantitative estimate of drug-likeness (QED) is 0.574. The monoisotopic (exact) mass is 337 g/mol. The largest absolute Gasteiger partial charge is 0.340 e. The zero-order chi connectivity index (χ0) is 16.5. The minimum absolute atomic E-state index is 0.0132. The molecule has 0 radical (unpaired) electrons. The number of fused-ring (bicyclic) bond motifs is 2. The Bertz CT molecular complexity index is 989. The van der Waals surface area contributed by atoms with E-state index in [-0.39, 0.29) is 12.5 Å². The molecule has 0 spiro atoms. The lowest BCUT2D eigenvalue weighted by Crippen LogP contribution is -2.29. The van der Waals surface area contributed by atoms with E-state index < -0.39 is 0 Å². The molecule has 120 valence electrons. The molecular formula is C17H15N5OS. The number of aromatic nitrogens is 4. The summed E-state index contributed by atoms with van der Waals surface area (Å²) < 4.78 is 10.1. The minimum Gasteiger partial charge on any atom is -0.340 e. The molecule has 7 heteroatoms. The van der Waals surface area contributed by atoms with Gasteiger partial charge in [0, 0.05) is 25.2 Å². The second-order valence-corrected chi connectivity index (χ2v) is 6.25. The molecule has 24 heavy (non-hydrogen) atoms. The molecule has 0 N–H and O–H groups in total. The topological polar surface area (TPSA) is 63.9 Å². The van der Waals surface area contributed by atoms with Gasteiger partial charge in [-0.25, -0.2) is 0 Å². The average molecular weight is 337 g/mol. The summed E-state index contributed by atoms with van der Waals surface area (Å²) in [5, 5.41) is 5.46. The van der Waals surface area contributed by atoms with Crippen LogP contribution in [0.1, 0.15) is 5.56 Å².